The second-order valence-electron chi connectivity index (χ2n) is 7.57. The van der Waals surface area contributed by atoms with Crippen molar-refractivity contribution in [2.75, 3.05) is 7.11 Å². The Morgan fingerprint density at radius 2 is 1.87 bits per heavy atom. The minimum Gasteiger partial charge on any atom is -0.378 e. The fourth-order valence-electron chi connectivity index (χ4n) is 4.19. The summed E-state index contributed by atoms with van der Waals surface area (Å²) >= 11 is 6.08. The first kappa shape index (κ1) is 19.0. The van der Waals surface area contributed by atoms with E-state index in [2.05, 4.69) is 17.2 Å². The topological polar surface area (TPSA) is 56.5 Å². The predicted molar refractivity (Wildman–Crippen MR) is 116 cm³/mol. The van der Waals surface area contributed by atoms with Gasteiger partial charge in [-0.15, -0.1) is 0 Å². The normalized spacial score (nSPS) is 16.1. The standard InChI is InChI=1S/C24H20ClN3O2/c1-30-14-21-23(16-7-9-18(25)10-8-16)24-26-20-11-17(15-5-3-2-4-6-15)12-22(29)19(20)13-28(24)27-21/h2-10,13,17H,11-12,14H2,1H3. The molecule has 1 aliphatic carbocycles. The van der Waals surface area contributed by atoms with E-state index in [-0.39, 0.29) is 11.7 Å². The van der Waals surface area contributed by atoms with Crippen LogP contribution < -0.4 is 0 Å². The summed E-state index contributed by atoms with van der Waals surface area (Å²) in [7, 11) is 1.64. The molecular weight excluding hydrogens is 398 g/mol. The van der Waals surface area contributed by atoms with Crippen LogP contribution in [-0.2, 0) is 17.8 Å². The van der Waals surface area contributed by atoms with Crippen molar-refractivity contribution in [3.63, 3.8) is 0 Å². The summed E-state index contributed by atoms with van der Waals surface area (Å²) in [4.78, 5) is 17.9. The largest absolute Gasteiger partial charge is 0.378 e. The van der Waals surface area contributed by atoms with Crippen molar-refractivity contribution < 1.29 is 9.53 Å². The Balaban J connectivity index is 1.66. The molecule has 0 bridgehead atoms. The number of halogens is 1. The number of hydrogen-bond donors (Lipinski definition) is 0. The van der Waals surface area contributed by atoms with E-state index in [1.165, 1.54) is 5.56 Å². The van der Waals surface area contributed by atoms with E-state index < -0.39 is 0 Å². The van der Waals surface area contributed by atoms with Crippen LogP contribution in [0, 0.1) is 0 Å². The van der Waals surface area contributed by atoms with E-state index in [0.29, 0.717) is 23.6 Å². The maximum Gasteiger partial charge on any atom is 0.166 e. The average molecular weight is 418 g/mol. The molecule has 4 aromatic rings. The van der Waals surface area contributed by atoms with E-state index in [0.717, 1.165) is 34.6 Å². The van der Waals surface area contributed by atoms with Crippen LogP contribution in [-0.4, -0.2) is 27.5 Å². The molecule has 0 spiro atoms. The Bertz CT molecular complexity index is 1230. The smallest absolute Gasteiger partial charge is 0.166 e. The Hall–Kier alpha value is -3.02. The van der Waals surface area contributed by atoms with E-state index >= 15 is 0 Å². The molecule has 0 radical (unpaired) electrons. The van der Waals surface area contributed by atoms with Crippen LogP contribution >= 0.6 is 11.6 Å². The molecule has 1 unspecified atom stereocenters. The Kier molecular flexibility index (Phi) is 4.85. The number of ether oxygens (including phenoxy) is 1. The molecule has 0 amide bonds. The van der Waals surface area contributed by atoms with Gasteiger partial charge in [-0.1, -0.05) is 54.1 Å². The molecule has 0 saturated carbocycles. The number of rotatable bonds is 4. The third-order valence-electron chi connectivity index (χ3n) is 5.62. The third-order valence-corrected chi connectivity index (χ3v) is 5.87. The van der Waals surface area contributed by atoms with Crippen LogP contribution in [0.25, 0.3) is 16.8 Å². The van der Waals surface area contributed by atoms with Gasteiger partial charge in [0, 0.05) is 24.8 Å². The first-order valence-electron chi connectivity index (χ1n) is 9.88. The molecule has 1 aliphatic rings. The molecule has 2 heterocycles. The summed E-state index contributed by atoms with van der Waals surface area (Å²) in [5.41, 5.74) is 6.03. The minimum atomic E-state index is 0.108. The lowest BCUT2D eigenvalue weighted by atomic mass is 9.82. The summed E-state index contributed by atoms with van der Waals surface area (Å²) < 4.78 is 7.07. The molecule has 0 saturated heterocycles. The fourth-order valence-corrected chi connectivity index (χ4v) is 4.32. The highest BCUT2D eigenvalue weighted by atomic mass is 35.5. The molecule has 0 aliphatic heterocycles. The molecule has 1 atom stereocenters. The fraction of sp³-hybridized carbons (Fsp3) is 0.208. The number of nitrogens with zero attached hydrogens (tertiary/aromatic N) is 3. The highest BCUT2D eigenvalue weighted by molar-refractivity contribution is 6.30. The number of Topliss-reactive ketones (excluding diaryl/α,β-unsaturated/α-hetero) is 1. The van der Waals surface area contributed by atoms with Crippen molar-refractivity contribution in [2.45, 2.75) is 25.4 Å². The SMILES string of the molecule is COCc1nn2cc3c(nc2c1-c1ccc(Cl)cc1)CC(c1ccccc1)CC3=O. The van der Waals surface area contributed by atoms with Crippen molar-refractivity contribution >= 4 is 23.0 Å². The van der Waals surface area contributed by atoms with Gasteiger partial charge in [-0.25, -0.2) is 9.50 Å². The summed E-state index contributed by atoms with van der Waals surface area (Å²) in [6.45, 7) is 0.354. The second-order valence-corrected chi connectivity index (χ2v) is 8.01. The Morgan fingerprint density at radius 1 is 1.10 bits per heavy atom. The summed E-state index contributed by atoms with van der Waals surface area (Å²) in [5, 5.41) is 5.34. The number of carbonyl (C=O) groups excluding carboxylic acids is 1. The number of aromatic nitrogens is 3. The molecule has 0 fully saturated rings. The molecule has 30 heavy (non-hydrogen) atoms. The van der Waals surface area contributed by atoms with Gasteiger partial charge in [0.05, 0.1) is 29.1 Å². The van der Waals surface area contributed by atoms with Gasteiger partial charge in [0.15, 0.2) is 11.4 Å². The van der Waals surface area contributed by atoms with Crippen molar-refractivity contribution in [1.82, 2.24) is 14.6 Å². The van der Waals surface area contributed by atoms with Crippen LogP contribution in [0.5, 0.6) is 0 Å². The van der Waals surface area contributed by atoms with E-state index in [1.807, 2.05) is 48.7 Å². The lowest BCUT2D eigenvalue weighted by Crippen LogP contribution is -2.21. The minimum absolute atomic E-state index is 0.108. The average Bonchev–Trinajstić information content (AvgIpc) is 3.11. The molecule has 2 aromatic carbocycles. The zero-order valence-electron chi connectivity index (χ0n) is 16.5. The van der Waals surface area contributed by atoms with Crippen molar-refractivity contribution in [2.24, 2.45) is 0 Å². The van der Waals surface area contributed by atoms with Crippen LogP contribution in [0.1, 0.15) is 39.6 Å². The van der Waals surface area contributed by atoms with Gasteiger partial charge in [0.25, 0.3) is 0 Å². The predicted octanol–water partition coefficient (Wildman–Crippen LogP) is 5.11. The third kappa shape index (κ3) is 3.30. The van der Waals surface area contributed by atoms with Gasteiger partial charge in [-0.3, -0.25) is 4.79 Å². The highest BCUT2D eigenvalue weighted by Crippen LogP contribution is 2.35. The van der Waals surface area contributed by atoms with Gasteiger partial charge < -0.3 is 4.74 Å². The molecule has 0 N–H and O–H groups in total. The van der Waals surface area contributed by atoms with Gasteiger partial charge in [-0.2, -0.15) is 5.10 Å². The maximum absolute atomic E-state index is 12.9. The van der Waals surface area contributed by atoms with Crippen molar-refractivity contribution in [3.05, 3.63) is 88.3 Å². The number of benzene rings is 2. The summed E-state index contributed by atoms with van der Waals surface area (Å²) in [6.07, 6.45) is 3.03. The maximum atomic E-state index is 12.9. The van der Waals surface area contributed by atoms with Gasteiger partial charge in [0.2, 0.25) is 0 Å². The van der Waals surface area contributed by atoms with Crippen LogP contribution in [0.2, 0.25) is 5.02 Å². The number of hydrogen-bond acceptors (Lipinski definition) is 4. The molecular formula is C24H20ClN3O2. The van der Waals surface area contributed by atoms with E-state index in [9.17, 15) is 4.79 Å². The monoisotopic (exact) mass is 417 g/mol. The molecule has 150 valence electrons. The van der Waals surface area contributed by atoms with Crippen LogP contribution in [0.3, 0.4) is 0 Å². The van der Waals surface area contributed by atoms with Crippen molar-refractivity contribution in [3.8, 4) is 11.1 Å². The van der Waals surface area contributed by atoms with E-state index in [1.54, 1.807) is 11.6 Å². The van der Waals surface area contributed by atoms with Crippen LogP contribution in [0.15, 0.2) is 60.8 Å². The Morgan fingerprint density at radius 3 is 2.60 bits per heavy atom. The number of methoxy groups -OCH3 is 1. The first-order valence-corrected chi connectivity index (χ1v) is 10.3. The summed E-state index contributed by atoms with van der Waals surface area (Å²) in [6, 6.07) is 17.8. The summed E-state index contributed by atoms with van der Waals surface area (Å²) in [5.74, 6) is 0.248. The lowest BCUT2D eigenvalue weighted by molar-refractivity contribution is 0.0962. The number of fused-ring (bicyclic) bond motifs is 2. The molecule has 5 rings (SSSR count). The lowest BCUT2D eigenvalue weighted by Gasteiger charge is -2.23. The van der Waals surface area contributed by atoms with Gasteiger partial charge >= 0.3 is 0 Å². The molecule has 6 heteroatoms. The Labute approximate surface area is 179 Å². The van der Waals surface area contributed by atoms with Crippen molar-refractivity contribution in [1.29, 1.82) is 0 Å². The van der Waals surface area contributed by atoms with Gasteiger partial charge in [0.1, 0.15) is 0 Å². The van der Waals surface area contributed by atoms with E-state index in [4.69, 9.17) is 21.3 Å². The highest BCUT2D eigenvalue weighted by Gasteiger charge is 2.29. The zero-order valence-corrected chi connectivity index (χ0v) is 17.3. The number of ketones is 1. The number of carbonyl (C=O) groups is 1. The molecule has 5 nitrogen and oxygen atoms in total. The molecule has 2 aromatic heterocycles. The first-order chi connectivity index (χ1) is 14.6. The van der Waals surface area contributed by atoms with Gasteiger partial charge in [-0.05, 0) is 35.6 Å². The zero-order chi connectivity index (χ0) is 20.7. The van der Waals surface area contributed by atoms with Crippen LogP contribution in [0.4, 0.5) is 0 Å². The second kappa shape index (κ2) is 7.67. The quantitative estimate of drug-likeness (QED) is 0.463.